The van der Waals surface area contributed by atoms with Gasteiger partial charge in [0.1, 0.15) is 6.54 Å². The van der Waals surface area contributed by atoms with Crippen LogP contribution in [0.2, 0.25) is 5.02 Å². The molecular formula is C16H19ClN4O. The maximum atomic E-state index is 12.2. The van der Waals surface area contributed by atoms with Crippen molar-refractivity contribution in [2.45, 2.75) is 13.1 Å². The monoisotopic (exact) mass is 318 g/mol. The highest BCUT2D eigenvalue weighted by molar-refractivity contribution is 6.30. The Labute approximate surface area is 135 Å². The van der Waals surface area contributed by atoms with Crippen LogP contribution < -0.4 is 0 Å². The highest BCUT2D eigenvalue weighted by Crippen LogP contribution is 2.10. The Hall–Kier alpha value is -1.85. The minimum absolute atomic E-state index is 0.0964. The minimum atomic E-state index is 0.0964. The van der Waals surface area contributed by atoms with Crippen molar-refractivity contribution in [3.63, 3.8) is 0 Å². The van der Waals surface area contributed by atoms with Crippen molar-refractivity contribution in [2.75, 3.05) is 26.2 Å². The molecule has 1 fully saturated rings. The predicted octanol–water partition coefficient (Wildman–Crippen LogP) is 1.88. The lowest BCUT2D eigenvalue weighted by molar-refractivity contribution is -0.133. The van der Waals surface area contributed by atoms with E-state index in [2.05, 4.69) is 34.3 Å². The normalized spacial score (nSPS) is 16.0. The summed E-state index contributed by atoms with van der Waals surface area (Å²) in [6.45, 7) is 4.53. The molecular weight excluding hydrogens is 300 g/mol. The smallest absolute Gasteiger partial charge is 0.244 e. The molecule has 6 heteroatoms. The van der Waals surface area contributed by atoms with Gasteiger partial charge in [0.15, 0.2) is 0 Å². The molecule has 3 rings (SSSR count). The van der Waals surface area contributed by atoms with Crippen LogP contribution >= 0.6 is 11.6 Å². The third kappa shape index (κ3) is 3.87. The molecule has 5 nitrogen and oxygen atoms in total. The lowest BCUT2D eigenvalue weighted by Gasteiger charge is -2.34. The topological polar surface area (TPSA) is 41.4 Å². The number of hydrogen-bond donors (Lipinski definition) is 0. The molecule has 1 aliphatic heterocycles. The van der Waals surface area contributed by atoms with E-state index in [1.54, 1.807) is 17.1 Å². The van der Waals surface area contributed by atoms with Gasteiger partial charge in [0.05, 0.1) is 11.2 Å². The largest absolute Gasteiger partial charge is 0.339 e. The highest BCUT2D eigenvalue weighted by Gasteiger charge is 2.21. The molecule has 22 heavy (non-hydrogen) atoms. The fourth-order valence-electron chi connectivity index (χ4n) is 2.66. The molecule has 0 N–H and O–H groups in total. The van der Waals surface area contributed by atoms with Crippen molar-refractivity contribution < 1.29 is 4.79 Å². The molecule has 0 saturated carbocycles. The predicted molar refractivity (Wildman–Crippen MR) is 85.5 cm³/mol. The molecule has 2 heterocycles. The fourth-order valence-corrected chi connectivity index (χ4v) is 2.82. The lowest BCUT2D eigenvalue weighted by Crippen LogP contribution is -2.49. The quantitative estimate of drug-likeness (QED) is 0.864. The van der Waals surface area contributed by atoms with E-state index in [9.17, 15) is 4.79 Å². The van der Waals surface area contributed by atoms with E-state index in [4.69, 9.17) is 11.6 Å². The van der Waals surface area contributed by atoms with Crippen LogP contribution in [0.3, 0.4) is 0 Å². The third-order valence-electron chi connectivity index (χ3n) is 3.87. The van der Waals surface area contributed by atoms with E-state index in [0.717, 1.165) is 32.7 Å². The van der Waals surface area contributed by atoms with Gasteiger partial charge in [-0.05, 0) is 5.56 Å². The van der Waals surface area contributed by atoms with Crippen molar-refractivity contribution in [3.8, 4) is 0 Å². The zero-order chi connectivity index (χ0) is 15.4. The Morgan fingerprint density at radius 1 is 1.14 bits per heavy atom. The second kappa shape index (κ2) is 6.94. The van der Waals surface area contributed by atoms with Crippen LogP contribution in [0.5, 0.6) is 0 Å². The van der Waals surface area contributed by atoms with Crippen LogP contribution in [0.1, 0.15) is 5.56 Å². The molecule has 1 aromatic carbocycles. The number of piperazine rings is 1. The maximum Gasteiger partial charge on any atom is 0.244 e. The molecule has 1 saturated heterocycles. The van der Waals surface area contributed by atoms with Crippen molar-refractivity contribution in [2.24, 2.45) is 0 Å². The molecule has 0 unspecified atom stereocenters. The standard InChI is InChI=1S/C16H19ClN4O/c17-15-10-18-21(12-15)13-16(22)20-8-6-19(7-9-20)11-14-4-2-1-3-5-14/h1-5,10,12H,6-9,11,13H2. The van der Waals surface area contributed by atoms with Crippen LogP contribution in [0.25, 0.3) is 0 Å². The van der Waals surface area contributed by atoms with Crippen LogP contribution in [-0.2, 0) is 17.9 Å². The van der Waals surface area contributed by atoms with Gasteiger partial charge < -0.3 is 4.90 Å². The summed E-state index contributed by atoms with van der Waals surface area (Å²) in [6, 6.07) is 10.4. The van der Waals surface area contributed by atoms with Gasteiger partial charge in [0, 0.05) is 38.9 Å². The lowest BCUT2D eigenvalue weighted by atomic mass is 10.2. The van der Waals surface area contributed by atoms with E-state index in [-0.39, 0.29) is 12.5 Å². The van der Waals surface area contributed by atoms with Gasteiger partial charge in [-0.15, -0.1) is 0 Å². The average molecular weight is 319 g/mol. The molecule has 1 aromatic heterocycles. The Morgan fingerprint density at radius 2 is 1.86 bits per heavy atom. The average Bonchev–Trinajstić information content (AvgIpc) is 2.94. The second-order valence-electron chi connectivity index (χ2n) is 5.50. The SMILES string of the molecule is O=C(Cn1cc(Cl)cn1)N1CCN(Cc2ccccc2)CC1. The van der Waals surface area contributed by atoms with Gasteiger partial charge in [0.25, 0.3) is 0 Å². The number of benzene rings is 1. The van der Waals surface area contributed by atoms with E-state index in [0.29, 0.717) is 5.02 Å². The first-order valence-corrected chi connectivity index (χ1v) is 7.80. The van der Waals surface area contributed by atoms with Gasteiger partial charge in [-0.25, -0.2) is 0 Å². The van der Waals surface area contributed by atoms with Gasteiger partial charge in [-0.2, -0.15) is 5.10 Å². The first-order chi connectivity index (χ1) is 10.7. The van der Waals surface area contributed by atoms with E-state index in [1.807, 2.05) is 11.0 Å². The zero-order valence-corrected chi connectivity index (χ0v) is 13.1. The van der Waals surface area contributed by atoms with E-state index >= 15 is 0 Å². The number of nitrogens with zero attached hydrogens (tertiary/aromatic N) is 4. The minimum Gasteiger partial charge on any atom is -0.339 e. The molecule has 1 amide bonds. The van der Waals surface area contributed by atoms with Crippen LogP contribution in [0, 0.1) is 0 Å². The van der Waals surface area contributed by atoms with Gasteiger partial charge in [0.2, 0.25) is 5.91 Å². The summed E-state index contributed by atoms with van der Waals surface area (Å²) in [7, 11) is 0. The maximum absolute atomic E-state index is 12.2. The molecule has 1 aliphatic rings. The summed E-state index contributed by atoms with van der Waals surface area (Å²) in [6.07, 6.45) is 3.22. The summed E-state index contributed by atoms with van der Waals surface area (Å²) in [5, 5.41) is 4.60. The molecule has 0 atom stereocenters. The van der Waals surface area contributed by atoms with Gasteiger partial charge in [-0.3, -0.25) is 14.4 Å². The summed E-state index contributed by atoms with van der Waals surface area (Å²) in [5.41, 5.74) is 1.31. The first kappa shape index (κ1) is 15.1. The van der Waals surface area contributed by atoms with Crippen LogP contribution in [-0.4, -0.2) is 51.7 Å². The van der Waals surface area contributed by atoms with Crippen molar-refractivity contribution >= 4 is 17.5 Å². The summed E-state index contributed by atoms with van der Waals surface area (Å²) in [5.74, 6) is 0.0964. The molecule has 116 valence electrons. The molecule has 0 bridgehead atoms. The highest BCUT2D eigenvalue weighted by atomic mass is 35.5. The number of carbonyl (C=O) groups excluding carboxylic acids is 1. The van der Waals surface area contributed by atoms with Crippen molar-refractivity contribution in [1.82, 2.24) is 19.6 Å². The van der Waals surface area contributed by atoms with E-state index < -0.39 is 0 Å². The number of carbonyl (C=O) groups is 1. The number of aromatic nitrogens is 2. The number of hydrogen-bond acceptors (Lipinski definition) is 3. The number of halogens is 1. The fraction of sp³-hybridized carbons (Fsp3) is 0.375. The number of rotatable bonds is 4. The zero-order valence-electron chi connectivity index (χ0n) is 12.4. The van der Waals surface area contributed by atoms with Gasteiger partial charge >= 0.3 is 0 Å². The van der Waals surface area contributed by atoms with Crippen LogP contribution in [0.15, 0.2) is 42.7 Å². The van der Waals surface area contributed by atoms with E-state index in [1.165, 1.54) is 5.56 Å². The number of amides is 1. The Balaban J connectivity index is 1.48. The molecule has 0 radical (unpaired) electrons. The summed E-state index contributed by atoms with van der Waals surface area (Å²) < 4.78 is 1.58. The Kier molecular flexibility index (Phi) is 4.75. The van der Waals surface area contributed by atoms with Gasteiger partial charge in [-0.1, -0.05) is 41.9 Å². The third-order valence-corrected chi connectivity index (χ3v) is 4.07. The Morgan fingerprint density at radius 3 is 2.50 bits per heavy atom. The van der Waals surface area contributed by atoms with Crippen molar-refractivity contribution in [3.05, 3.63) is 53.3 Å². The molecule has 0 aliphatic carbocycles. The van der Waals surface area contributed by atoms with Crippen molar-refractivity contribution in [1.29, 1.82) is 0 Å². The summed E-state index contributed by atoms with van der Waals surface area (Å²) >= 11 is 5.81. The van der Waals surface area contributed by atoms with Crippen LogP contribution in [0.4, 0.5) is 0 Å². The summed E-state index contributed by atoms with van der Waals surface area (Å²) in [4.78, 5) is 16.5. The Bertz CT molecular complexity index is 620. The molecule has 2 aromatic rings. The molecule has 0 spiro atoms. The second-order valence-corrected chi connectivity index (χ2v) is 5.94. The first-order valence-electron chi connectivity index (χ1n) is 7.43.